The number of nitrogens with zero attached hydrogens (tertiary/aromatic N) is 1. The van der Waals surface area contributed by atoms with Crippen molar-refractivity contribution in [2.45, 2.75) is 26.8 Å². The molecule has 0 saturated heterocycles. The second-order valence-electron chi connectivity index (χ2n) is 7.37. The molecule has 162 valence electrons. The molecular weight excluding hydrogens is 382 g/mol. The van der Waals surface area contributed by atoms with Crippen LogP contribution >= 0.6 is 0 Å². The predicted molar refractivity (Wildman–Crippen MR) is 118 cm³/mol. The lowest BCUT2D eigenvalue weighted by atomic mass is 10.1. The van der Waals surface area contributed by atoms with Crippen LogP contribution in [0.15, 0.2) is 36.4 Å². The Labute approximate surface area is 178 Å². The first-order chi connectivity index (χ1) is 14.2. The fourth-order valence-electron chi connectivity index (χ4n) is 3.17. The van der Waals surface area contributed by atoms with Gasteiger partial charge in [0.05, 0.1) is 33.4 Å². The molecule has 0 unspecified atom stereocenters. The number of likely N-dealkylation sites (N-methyl/N-ethyl adjacent to an activating group) is 1. The summed E-state index contributed by atoms with van der Waals surface area (Å²) in [5.74, 6) is 1.01. The number of ether oxygens (including phenoxy) is 2. The lowest BCUT2D eigenvalue weighted by Gasteiger charge is -2.21. The van der Waals surface area contributed by atoms with Gasteiger partial charge in [-0.3, -0.25) is 14.5 Å². The zero-order valence-corrected chi connectivity index (χ0v) is 18.5. The zero-order chi connectivity index (χ0) is 22.3. The van der Waals surface area contributed by atoms with Gasteiger partial charge in [0.2, 0.25) is 11.8 Å². The summed E-state index contributed by atoms with van der Waals surface area (Å²) in [4.78, 5) is 26.5. The van der Waals surface area contributed by atoms with Gasteiger partial charge in [0.1, 0.15) is 11.5 Å². The van der Waals surface area contributed by atoms with Crippen molar-refractivity contribution in [3.63, 3.8) is 0 Å². The van der Waals surface area contributed by atoms with Crippen molar-refractivity contribution in [2.24, 2.45) is 0 Å². The molecule has 2 aromatic carbocycles. The van der Waals surface area contributed by atoms with Crippen LogP contribution in [-0.4, -0.2) is 51.1 Å². The molecule has 0 aliphatic rings. The summed E-state index contributed by atoms with van der Waals surface area (Å²) < 4.78 is 10.6. The molecule has 30 heavy (non-hydrogen) atoms. The fraction of sp³-hybridized carbons (Fsp3) is 0.391. The SMILES string of the molecule is COc1ccc(OC)c([C@@H](C)NC(=O)CN(C)CC(=O)Nc2cccc(C)c2C)c1. The van der Waals surface area contributed by atoms with Gasteiger partial charge in [0.15, 0.2) is 0 Å². The number of anilines is 1. The molecule has 7 heteroatoms. The van der Waals surface area contributed by atoms with Crippen molar-refractivity contribution in [3.8, 4) is 11.5 Å². The van der Waals surface area contributed by atoms with Crippen LogP contribution < -0.4 is 20.1 Å². The van der Waals surface area contributed by atoms with Gasteiger partial charge in [-0.15, -0.1) is 0 Å². The van der Waals surface area contributed by atoms with Gasteiger partial charge in [-0.2, -0.15) is 0 Å². The summed E-state index contributed by atoms with van der Waals surface area (Å²) in [6, 6.07) is 10.9. The molecule has 0 aromatic heterocycles. The summed E-state index contributed by atoms with van der Waals surface area (Å²) in [7, 11) is 4.91. The third kappa shape index (κ3) is 6.22. The Morgan fingerprint density at radius 1 is 1.03 bits per heavy atom. The molecule has 0 aliphatic heterocycles. The number of hydrogen-bond donors (Lipinski definition) is 2. The largest absolute Gasteiger partial charge is 0.497 e. The Hall–Kier alpha value is -3.06. The Balaban J connectivity index is 1.91. The van der Waals surface area contributed by atoms with E-state index in [1.807, 2.05) is 45.0 Å². The monoisotopic (exact) mass is 413 g/mol. The number of aryl methyl sites for hydroxylation is 1. The number of methoxy groups -OCH3 is 2. The van der Waals surface area contributed by atoms with Crippen LogP contribution in [0.4, 0.5) is 5.69 Å². The first kappa shape index (κ1) is 23.2. The first-order valence-electron chi connectivity index (χ1n) is 9.81. The minimum Gasteiger partial charge on any atom is -0.497 e. The average Bonchev–Trinajstić information content (AvgIpc) is 2.70. The van der Waals surface area contributed by atoms with Crippen LogP contribution in [0.5, 0.6) is 11.5 Å². The number of rotatable bonds is 9. The van der Waals surface area contributed by atoms with Gasteiger partial charge in [-0.25, -0.2) is 0 Å². The number of carbonyl (C=O) groups is 2. The molecule has 2 rings (SSSR count). The predicted octanol–water partition coefficient (Wildman–Crippen LogP) is 3.07. The molecule has 7 nitrogen and oxygen atoms in total. The Morgan fingerprint density at radius 3 is 2.40 bits per heavy atom. The molecule has 0 heterocycles. The summed E-state index contributed by atoms with van der Waals surface area (Å²) in [6.07, 6.45) is 0. The topological polar surface area (TPSA) is 79.9 Å². The third-order valence-corrected chi connectivity index (χ3v) is 4.99. The Bertz CT molecular complexity index is 898. The van der Waals surface area contributed by atoms with Crippen molar-refractivity contribution in [1.29, 1.82) is 0 Å². The van der Waals surface area contributed by atoms with E-state index in [1.54, 1.807) is 38.3 Å². The normalized spacial score (nSPS) is 11.7. The van der Waals surface area contributed by atoms with Gasteiger partial charge in [-0.1, -0.05) is 12.1 Å². The highest BCUT2D eigenvalue weighted by molar-refractivity contribution is 5.93. The maximum atomic E-state index is 12.5. The second-order valence-corrected chi connectivity index (χ2v) is 7.37. The van der Waals surface area contributed by atoms with Crippen molar-refractivity contribution < 1.29 is 19.1 Å². The maximum absolute atomic E-state index is 12.5. The molecular formula is C23H31N3O4. The van der Waals surface area contributed by atoms with Gasteiger partial charge in [0, 0.05) is 11.3 Å². The third-order valence-electron chi connectivity index (χ3n) is 4.99. The van der Waals surface area contributed by atoms with Gasteiger partial charge < -0.3 is 20.1 Å². The van der Waals surface area contributed by atoms with Crippen LogP contribution in [0, 0.1) is 13.8 Å². The van der Waals surface area contributed by atoms with Crippen molar-refractivity contribution in [1.82, 2.24) is 10.2 Å². The first-order valence-corrected chi connectivity index (χ1v) is 9.81. The van der Waals surface area contributed by atoms with E-state index >= 15 is 0 Å². The van der Waals surface area contributed by atoms with E-state index < -0.39 is 0 Å². The molecule has 1 atom stereocenters. The van der Waals surface area contributed by atoms with E-state index in [0.717, 1.165) is 22.4 Å². The van der Waals surface area contributed by atoms with E-state index in [0.29, 0.717) is 11.5 Å². The van der Waals surface area contributed by atoms with Crippen LogP contribution in [0.3, 0.4) is 0 Å². The lowest BCUT2D eigenvalue weighted by Crippen LogP contribution is -2.39. The highest BCUT2D eigenvalue weighted by Crippen LogP contribution is 2.29. The van der Waals surface area contributed by atoms with E-state index in [9.17, 15) is 9.59 Å². The van der Waals surface area contributed by atoms with E-state index in [4.69, 9.17) is 9.47 Å². The molecule has 0 saturated carbocycles. The summed E-state index contributed by atoms with van der Waals surface area (Å²) in [5.41, 5.74) is 3.76. The standard InChI is InChI=1S/C23H31N3O4/c1-15-8-7-9-20(16(15)2)25-23(28)14-26(4)13-22(27)24-17(3)19-12-18(29-5)10-11-21(19)30-6/h7-12,17H,13-14H2,1-6H3,(H,24,27)(H,25,28)/t17-/m1/s1. The number of benzene rings is 2. The molecule has 0 aliphatic carbocycles. The van der Waals surface area contributed by atoms with Crippen molar-refractivity contribution in [2.75, 3.05) is 39.7 Å². The highest BCUT2D eigenvalue weighted by Gasteiger charge is 2.17. The van der Waals surface area contributed by atoms with Gasteiger partial charge >= 0.3 is 0 Å². The molecule has 2 aromatic rings. The quantitative estimate of drug-likeness (QED) is 0.660. The molecule has 2 N–H and O–H groups in total. The van der Waals surface area contributed by atoms with Crippen LogP contribution in [0.25, 0.3) is 0 Å². The Kier molecular flexibility index (Phi) is 8.24. The smallest absolute Gasteiger partial charge is 0.238 e. The molecule has 0 bridgehead atoms. The fourth-order valence-corrected chi connectivity index (χ4v) is 3.17. The molecule has 0 radical (unpaired) electrons. The van der Waals surface area contributed by atoms with E-state index in [-0.39, 0.29) is 30.9 Å². The number of carbonyl (C=O) groups excluding carboxylic acids is 2. The number of amides is 2. The Morgan fingerprint density at radius 2 is 1.73 bits per heavy atom. The number of hydrogen-bond acceptors (Lipinski definition) is 5. The second kappa shape index (κ2) is 10.6. The summed E-state index contributed by atoms with van der Waals surface area (Å²) in [5, 5.41) is 5.85. The zero-order valence-electron chi connectivity index (χ0n) is 18.5. The number of nitrogens with one attached hydrogen (secondary N) is 2. The molecule has 0 spiro atoms. The van der Waals surface area contributed by atoms with Crippen LogP contribution in [-0.2, 0) is 9.59 Å². The molecule has 2 amide bonds. The average molecular weight is 414 g/mol. The lowest BCUT2D eigenvalue weighted by molar-refractivity contribution is -0.123. The minimum atomic E-state index is -0.278. The minimum absolute atomic E-state index is 0.0941. The van der Waals surface area contributed by atoms with E-state index in [2.05, 4.69) is 10.6 Å². The highest BCUT2D eigenvalue weighted by atomic mass is 16.5. The van der Waals surface area contributed by atoms with Crippen molar-refractivity contribution >= 4 is 17.5 Å². The van der Waals surface area contributed by atoms with Gasteiger partial charge in [-0.05, 0) is 63.2 Å². The summed E-state index contributed by atoms with van der Waals surface area (Å²) >= 11 is 0. The maximum Gasteiger partial charge on any atom is 0.238 e. The summed E-state index contributed by atoms with van der Waals surface area (Å²) in [6.45, 7) is 6.05. The van der Waals surface area contributed by atoms with Crippen LogP contribution in [0.1, 0.15) is 29.7 Å². The van der Waals surface area contributed by atoms with Gasteiger partial charge in [0.25, 0.3) is 0 Å². The van der Waals surface area contributed by atoms with E-state index in [1.165, 1.54) is 0 Å². The van der Waals surface area contributed by atoms with Crippen molar-refractivity contribution in [3.05, 3.63) is 53.1 Å². The van der Waals surface area contributed by atoms with Crippen LogP contribution in [0.2, 0.25) is 0 Å². The molecule has 0 fully saturated rings.